The summed E-state index contributed by atoms with van der Waals surface area (Å²) in [6.07, 6.45) is -4.74. The van der Waals surface area contributed by atoms with E-state index in [0.29, 0.717) is 5.52 Å². The Labute approximate surface area is 138 Å². The molecule has 0 atom stereocenters. The summed E-state index contributed by atoms with van der Waals surface area (Å²) < 4.78 is 40.9. The molecule has 2 aromatic heterocycles. The highest BCUT2D eigenvalue weighted by Crippen LogP contribution is 2.35. The highest BCUT2D eigenvalue weighted by atomic mass is 35.5. The number of fused-ring (bicyclic) bond motifs is 1. The number of nitrogens with one attached hydrogen (secondary N) is 1. The molecule has 2 heterocycles. The topological polar surface area (TPSA) is 64.7 Å². The molecule has 0 aliphatic carbocycles. The van der Waals surface area contributed by atoms with Gasteiger partial charge >= 0.3 is 6.18 Å². The molecule has 0 radical (unpaired) electrons. The molecule has 0 saturated heterocycles. The monoisotopic (exact) mass is 357 g/mol. The predicted octanol–water partition coefficient (Wildman–Crippen LogP) is 3.23. The number of aryl methyl sites for hydroxylation is 2. The van der Waals surface area contributed by atoms with Gasteiger partial charge in [0, 0.05) is 14.1 Å². The van der Waals surface area contributed by atoms with Crippen molar-refractivity contribution in [3.8, 4) is 0 Å². The summed E-state index contributed by atoms with van der Waals surface area (Å²) in [5.41, 5.74) is -0.292. The molecule has 0 unspecified atom stereocenters. The molecule has 0 fully saturated rings. The van der Waals surface area contributed by atoms with Crippen molar-refractivity contribution in [3.05, 3.63) is 40.7 Å². The maximum absolute atomic E-state index is 12.8. The number of amides is 1. The maximum Gasteiger partial charge on any atom is 0.436 e. The van der Waals surface area contributed by atoms with Crippen molar-refractivity contribution < 1.29 is 18.0 Å². The molecule has 3 aromatic rings. The van der Waals surface area contributed by atoms with Crippen molar-refractivity contribution in [2.45, 2.75) is 6.18 Å². The van der Waals surface area contributed by atoms with Crippen molar-refractivity contribution >= 4 is 34.5 Å². The number of benzene rings is 1. The van der Waals surface area contributed by atoms with Crippen LogP contribution in [0.15, 0.2) is 24.3 Å². The third kappa shape index (κ3) is 2.60. The number of aromatic nitrogens is 4. The third-order valence-corrected chi connectivity index (χ3v) is 3.84. The van der Waals surface area contributed by atoms with Gasteiger partial charge in [-0.05, 0) is 12.1 Å². The molecular weight excluding hydrogens is 347 g/mol. The molecular formula is C14H11ClF3N5O. The first-order valence-corrected chi connectivity index (χ1v) is 7.10. The Kier molecular flexibility index (Phi) is 3.75. The van der Waals surface area contributed by atoms with Crippen LogP contribution in [0.1, 0.15) is 16.2 Å². The van der Waals surface area contributed by atoms with E-state index >= 15 is 0 Å². The number of halogens is 4. The van der Waals surface area contributed by atoms with Crippen LogP contribution < -0.4 is 5.32 Å². The molecule has 1 amide bonds. The number of nitrogens with zero attached hydrogens (tertiary/aromatic N) is 4. The Morgan fingerprint density at radius 2 is 1.92 bits per heavy atom. The lowest BCUT2D eigenvalue weighted by Crippen LogP contribution is -2.18. The number of hydrogen-bond donors (Lipinski definition) is 1. The van der Waals surface area contributed by atoms with Gasteiger partial charge in [0.05, 0.1) is 11.0 Å². The lowest BCUT2D eigenvalue weighted by molar-refractivity contribution is -0.141. The Morgan fingerprint density at radius 1 is 1.25 bits per heavy atom. The van der Waals surface area contributed by atoms with Crippen molar-refractivity contribution in [1.29, 1.82) is 0 Å². The number of alkyl halides is 3. The number of imidazole rings is 1. The van der Waals surface area contributed by atoms with Gasteiger partial charge in [0.1, 0.15) is 10.7 Å². The first-order chi connectivity index (χ1) is 11.2. The number of para-hydroxylation sites is 2. The van der Waals surface area contributed by atoms with Gasteiger partial charge in [-0.2, -0.15) is 18.3 Å². The SMILES string of the molecule is Cn1nc(C(F)(F)F)c(Cl)c1C(=O)Nc1nc2ccccc2n1C. The van der Waals surface area contributed by atoms with Gasteiger partial charge in [-0.15, -0.1) is 0 Å². The minimum atomic E-state index is -4.74. The van der Waals surface area contributed by atoms with E-state index in [9.17, 15) is 18.0 Å². The van der Waals surface area contributed by atoms with Crippen LogP contribution in [0.5, 0.6) is 0 Å². The molecule has 0 aliphatic heterocycles. The second-order valence-corrected chi connectivity index (χ2v) is 5.45. The Hall–Kier alpha value is -2.55. The van der Waals surface area contributed by atoms with Gasteiger partial charge in [0.25, 0.3) is 5.91 Å². The third-order valence-electron chi connectivity index (χ3n) is 3.49. The lowest BCUT2D eigenvalue weighted by atomic mass is 10.3. The van der Waals surface area contributed by atoms with Gasteiger partial charge in [-0.1, -0.05) is 23.7 Å². The average molecular weight is 358 g/mol. The summed E-state index contributed by atoms with van der Waals surface area (Å²) in [4.78, 5) is 16.6. The van der Waals surface area contributed by atoms with Gasteiger partial charge in [0.15, 0.2) is 5.69 Å². The fraction of sp³-hybridized carbons (Fsp3) is 0.214. The largest absolute Gasteiger partial charge is 0.436 e. The minimum Gasteiger partial charge on any atom is -0.313 e. The number of anilines is 1. The summed E-state index contributed by atoms with van der Waals surface area (Å²) in [7, 11) is 2.89. The van der Waals surface area contributed by atoms with E-state index in [-0.39, 0.29) is 5.95 Å². The molecule has 0 saturated carbocycles. The van der Waals surface area contributed by atoms with E-state index in [4.69, 9.17) is 11.6 Å². The fourth-order valence-electron chi connectivity index (χ4n) is 2.34. The predicted molar refractivity (Wildman–Crippen MR) is 81.9 cm³/mol. The van der Waals surface area contributed by atoms with E-state index < -0.39 is 28.5 Å². The lowest BCUT2D eigenvalue weighted by Gasteiger charge is -2.06. The summed E-state index contributed by atoms with van der Waals surface area (Å²) in [6.45, 7) is 0. The number of hydrogen-bond acceptors (Lipinski definition) is 3. The molecule has 3 rings (SSSR count). The van der Waals surface area contributed by atoms with E-state index in [2.05, 4.69) is 15.4 Å². The van der Waals surface area contributed by atoms with Crippen LogP contribution in [0.2, 0.25) is 5.02 Å². The van der Waals surface area contributed by atoms with Gasteiger partial charge < -0.3 is 4.57 Å². The van der Waals surface area contributed by atoms with Crippen molar-refractivity contribution in [2.75, 3.05) is 5.32 Å². The zero-order valence-corrected chi connectivity index (χ0v) is 13.3. The normalized spacial score (nSPS) is 11.9. The van der Waals surface area contributed by atoms with Crippen LogP contribution in [-0.4, -0.2) is 25.2 Å². The zero-order chi connectivity index (χ0) is 17.6. The van der Waals surface area contributed by atoms with E-state index in [1.54, 1.807) is 29.8 Å². The van der Waals surface area contributed by atoms with Gasteiger partial charge in [-0.25, -0.2) is 4.98 Å². The summed E-state index contributed by atoms with van der Waals surface area (Å²) in [5.74, 6) is -0.643. The van der Waals surface area contributed by atoms with Crippen LogP contribution in [0.4, 0.5) is 19.1 Å². The van der Waals surface area contributed by atoms with Crippen LogP contribution in [-0.2, 0) is 20.3 Å². The second kappa shape index (κ2) is 5.52. The van der Waals surface area contributed by atoms with Gasteiger partial charge in [-0.3, -0.25) is 14.8 Å². The van der Waals surface area contributed by atoms with Crippen molar-refractivity contribution in [2.24, 2.45) is 14.1 Å². The molecule has 10 heteroatoms. The number of carbonyl (C=O) groups is 1. The van der Waals surface area contributed by atoms with Crippen LogP contribution >= 0.6 is 11.6 Å². The Balaban J connectivity index is 1.98. The highest BCUT2D eigenvalue weighted by molar-refractivity contribution is 6.34. The number of rotatable bonds is 2. The first-order valence-electron chi connectivity index (χ1n) is 6.72. The second-order valence-electron chi connectivity index (χ2n) is 5.07. The van der Waals surface area contributed by atoms with E-state index in [0.717, 1.165) is 10.2 Å². The first kappa shape index (κ1) is 16.3. The molecule has 0 spiro atoms. The number of carbonyl (C=O) groups excluding carboxylic acids is 1. The quantitative estimate of drug-likeness (QED) is 0.765. The molecule has 1 aromatic carbocycles. The zero-order valence-electron chi connectivity index (χ0n) is 12.5. The van der Waals surface area contributed by atoms with Crippen LogP contribution in [0.25, 0.3) is 11.0 Å². The van der Waals surface area contributed by atoms with E-state index in [1.165, 1.54) is 7.05 Å². The standard InChI is InChI=1S/C14H11ClF3N5O/c1-22-8-6-4-3-5-7(8)19-13(22)20-12(24)10-9(15)11(14(16,17)18)21-23(10)2/h3-6H,1-2H3,(H,19,20,24). The summed E-state index contributed by atoms with van der Waals surface area (Å²) >= 11 is 5.70. The fourth-order valence-corrected chi connectivity index (χ4v) is 2.70. The molecule has 6 nitrogen and oxygen atoms in total. The van der Waals surface area contributed by atoms with Crippen molar-refractivity contribution in [3.63, 3.8) is 0 Å². The molecule has 0 aliphatic rings. The average Bonchev–Trinajstić information content (AvgIpc) is 2.97. The Morgan fingerprint density at radius 3 is 2.50 bits per heavy atom. The van der Waals surface area contributed by atoms with Gasteiger partial charge in [0.2, 0.25) is 5.95 Å². The highest BCUT2D eigenvalue weighted by Gasteiger charge is 2.39. The maximum atomic E-state index is 12.8. The summed E-state index contributed by atoms with van der Waals surface area (Å²) in [5, 5.41) is 4.99. The smallest absolute Gasteiger partial charge is 0.313 e. The molecule has 0 bridgehead atoms. The van der Waals surface area contributed by atoms with E-state index in [1.807, 2.05) is 6.07 Å². The van der Waals surface area contributed by atoms with Crippen LogP contribution in [0.3, 0.4) is 0 Å². The molecule has 1 N–H and O–H groups in total. The van der Waals surface area contributed by atoms with Crippen LogP contribution in [0, 0.1) is 0 Å². The minimum absolute atomic E-state index is 0.187. The van der Waals surface area contributed by atoms with Crippen molar-refractivity contribution in [1.82, 2.24) is 19.3 Å². The molecule has 126 valence electrons. The summed E-state index contributed by atoms with van der Waals surface area (Å²) in [6, 6.07) is 7.15. The Bertz CT molecular complexity index is 944. The molecule has 24 heavy (non-hydrogen) atoms.